The lowest BCUT2D eigenvalue weighted by Gasteiger charge is -2.39. The minimum absolute atomic E-state index is 0.188. The Morgan fingerprint density at radius 2 is 2.00 bits per heavy atom. The standard InChI is InChI=1S/C15H22N2O3/c1-16-6-4-15(14(16)19)3-2-5-17(9-15)13(18)12-10-7-20-8-11(10)12/h10-12H,2-9H2,1H3/t10-,11+,12?,15?. The van der Waals surface area contributed by atoms with E-state index in [1.807, 2.05) is 16.8 Å². The molecule has 0 N–H and O–H groups in total. The minimum Gasteiger partial charge on any atom is -0.381 e. The average molecular weight is 278 g/mol. The van der Waals surface area contributed by atoms with E-state index in [9.17, 15) is 9.59 Å². The van der Waals surface area contributed by atoms with Gasteiger partial charge in [0.05, 0.1) is 18.6 Å². The zero-order valence-corrected chi connectivity index (χ0v) is 12.0. The van der Waals surface area contributed by atoms with Crippen molar-refractivity contribution in [2.24, 2.45) is 23.2 Å². The fourth-order valence-electron chi connectivity index (χ4n) is 4.51. The summed E-state index contributed by atoms with van der Waals surface area (Å²) in [6.07, 6.45) is 2.82. The van der Waals surface area contributed by atoms with Crippen LogP contribution in [0.15, 0.2) is 0 Å². The van der Waals surface area contributed by atoms with Gasteiger partial charge in [0.2, 0.25) is 11.8 Å². The van der Waals surface area contributed by atoms with Gasteiger partial charge in [-0.05, 0) is 31.1 Å². The maximum Gasteiger partial charge on any atom is 0.230 e. The van der Waals surface area contributed by atoms with Crippen molar-refractivity contribution in [3.63, 3.8) is 0 Å². The molecule has 1 aliphatic carbocycles. The molecular formula is C15H22N2O3. The Labute approximate surface area is 119 Å². The molecular weight excluding hydrogens is 256 g/mol. The van der Waals surface area contributed by atoms with Crippen LogP contribution in [-0.2, 0) is 14.3 Å². The Morgan fingerprint density at radius 1 is 1.25 bits per heavy atom. The van der Waals surface area contributed by atoms with Crippen molar-refractivity contribution < 1.29 is 14.3 Å². The smallest absolute Gasteiger partial charge is 0.230 e. The summed E-state index contributed by atoms with van der Waals surface area (Å²) in [5.41, 5.74) is -0.275. The molecule has 0 radical (unpaired) electrons. The van der Waals surface area contributed by atoms with E-state index in [1.165, 1.54) is 0 Å². The number of amides is 2. The van der Waals surface area contributed by atoms with Gasteiger partial charge in [-0.15, -0.1) is 0 Å². The quantitative estimate of drug-likeness (QED) is 0.695. The van der Waals surface area contributed by atoms with E-state index < -0.39 is 0 Å². The van der Waals surface area contributed by atoms with Crippen LogP contribution in [0.3, 0.4) is 0 Å². The van der Waals surface area contributed by atoms with Crippen molar-refractivity contribution in [1.82, 2.24) is 9.80 Å². The molecule has 5 nitrogen and oxygen atoms in total. The van der Waals surface area contributed by atoms with Gasteiger partial charge in [0.15, 0.2) is 0 Å². The van der Waals surface area contributed by atoms with E-state index in [2.05, 4.69) is 0 Å². The summed E-state index contributed by atoms with van der Waals surface area (Å²) in [6.45, 7) is 3.81. The molecule has 3 heterocycles. The van der Waals surface area contributed by atoms with Crippen LogP contribution in [0.2, 0.25) is 0 Å². The summed E-state index contributed by atoms with van der Waals surface area (Å²) >= 11 is 0. The van der Waals surface area contributed by atoms with E-state index in [0.29, 0.717) is 18.4 Å². The van der Waals surface area contributed by atoms with Crippen molar-refractivity contribution in [3.8, 4) is 0 Å². The molecule has 3 saturated heterocycles. The second-order valence-electron chi connectivity index (χ2n) is 7.01. The lowest BCUT2D eigenvalue weighted by Crippen LogP contribution is -2.50. The van der Waals surface area contributed by atoms with Gasteiger partial charge in [0, 0.05) is 32.6 Å². The van der Waals surface area contributed by atoms with Crippen LogP contribution in [0.1, 0.15) is 19.3 Å². The van der Waals surface area contributed by atoms with Crippen molar-refractivity contribution >= 4 is 11.8 Å². The van der Waals surface area contributed by atoms with Crippen LogP contribution >= 0.6 is 0 Å². The highest BCUT2D eigenvalue weighted by Gasteiger charge is 2.60. The van der Waals surface area contributed by atoms with E-state index in [-0.39, 0.29) is 23.1 Å². The molecule has 4 fully saturated rings. The number of piperidine rings is 1. The van der Waals surface area contributed by atoms with Crippen LogP contribution in [0.5, 0.6) is 0 Å². The van der Waals surface area contributed by atoms with Gasteiger partial charge in [0.25, 0.3) is 0 Å². The van der Waals surface area contributed by atoms with Crippen molar-refractivity contribution in [2.75, 3.05) is 39.9 Å². The summed E-state index contributed by atoms with van der Waals surface area (Å²) in [5.74, 6) is 1.64. The molecule has 0 aromatic rings. The fraction of sp³-hybridized carbons (Fsp3) is 0.867. The molecule has 3 aliphatic heterocycles. The van der Waals surface area contributed by atoms with Crippen LogP contribution in [0.4, 0.5) is 0 Å². The normalized spacial score (nSPS) is 43.2. The second-order valence-corrected chi connectivity index (χ2v) is 7.01. The van der Waals surface area contributed by atoms with Gasteiger partial charge in [-0.3, -0.25) is 9.59 Å². The van der Waals surface area contributed by atoms with Crippen molar-refractivity contribution in [3.05, 3.63) is 0 Å². The molecule has 20 heavy (non-hydrogen) atoms. The first-order valence-corrected chi connectivity index (χ1v) is 7.74. The molecule has 1 saturated carbocycles. The molecule has 1 spiro atoms. The summed E-state index contributed by atoms with van der Waals surface area (Å²) in [6, 6.07) is 0. The molecule has 2 unspecified atom stereocenters. The highest BCUT2D eigenvalue weighted by atomic mass is 16.5. The van der Waals surface area contributed by atoms with Crippen LogP contribution in [0, 0.1) is 23.2 Å². The Bertz CT molecular complexity index is 452. The van der Waals surface area contributed by atoms with E-state index in [4.69, 9.17) is 4.74 Å². The number of hydrogen-bond acceptors (Lipinski definition) is 3. The van der Waals surface area contributed by atoms with Crippen molar-refractivity contribution in [1.29, 1.82) is 0 Å². The predicted octanol–water partition coefficient (Wildman–Crippen LogP) is 0.350. The Morgan fingerprint density at radius 3 is 2.65 bits per heavy atom. The monoisotopic (exact) mass is 278 g/mol. The van der Waals surface area contributed by atoms with Gasteiger partial charge in [-0.1, -0.05) is 0 Å². The Hall–Kier alpha value is -1.10. The first kappa shape index (κ1) is 12.6. The second kappa shape index (κ2) is 4.20. The average Bonchev–Trinajstić information content (AvgIpc) is 2.81. The largest absolute Gasteiger partial charge is 0.381 e. The lowest BCUT2D eigenvalue weighted by atomic mass is 9.78. The van der Waals surface area contributed by atoms with Gasteiger partial charge in [0.1, 0.15) is 0 Å². The molecule has 2 amide bonds. The number of rotatable bonds is 1. The van der Waals surface area contributed by atoms with Gasteiger partial charge < -0.3 is 14.5 Å². The Kier molecular flexibility index (Phi) is 2.65. The lowest BCUT2D eigenvalue weighted by molar-refractivity contribution is -0.144. The van der Waals surface area contributed by atoms with Crippen LogP contribution in [-0.4, -0.2) is 61.5 Å². The van der Waals surface area contributed by atoms with Gasteiger partial charge >= 0.3 is 0 Å². The summed E-state index contributed by atoms with van der Waals surface area (Å²) in [4.78, 5) is 28.9. The highest BCUT2D eigenvalue weighted by Crippen LogP contribution is 2.52. The van der Waals surface area contributed by atoms with Crippen LogP contribution in [0.25, 0.3) is 0 Å². The third kappa shape index (κ3) is 1.65. The molecule has 5 heteroatoms. The fourth-order valence-corrected chi connectivity index (χ4v) is 4.51. The zero-order chi connectivity index (χ0) is 13.9. The third-order valence-corrected chi connectivity index (χ3v) is 5.85. The zero-order valence-electron chi connectivity index (χ0n) is 12.0. The number of nitrogens with zero attached hydrogens (tertiary/aromatic N) is 2. The number of ether oxygens (including phenoxy) is 1. The number of carbonyl (C=O) groups excluding carboxylic acids is 2. The number of likely N-dealkylation sites (tertiary alicyclic amines) is 2. The number of carbonyl (C=O) groups is 2. The SMILES string of the molecule is CN1CCC2(CCCN(C(=O)C3[C@H]4COC[C@@H]34)C2)C1=O. The number of fused-ring (bicyclic) bond motifs is 1. The third-order valence-electron chi connectivity index (χ3n) is 5.85. The highest BCUT2D eigenvalue weighted by molar-refractivity contribution is 5.87. The molecule has 4 aliphatic rings. The predicted molar refractivity (Wildman–Crippen MR) is 71.8 cm³/mol. The van der Waals surface area contributed by atoms with E-state index >= 15 is 0 Å². The first-order chi connectivity index (χ1) is 9.62. The van der Waals surface area contributed by atoms with Crippen molar-refractivity contribution in [2.45, 2.75) is 19.3 Å². The van der Waals surface area contributed by atoms with Crippen LogP contribution < -0.4 is 0 Å². The molecule has 110 valence electrons. The van der Waals surface area contributed by atoms with E-state index in [1.54, 1.807) is 0 Å². The van der Waals surface area contributed by atoms with E-state index in [0.717, 1.165) is 45.6 Å². The maximum atomic E-state index is 12.6. The summed E-state index contributed by atoms with van der Waals surface area (Å²) in [7, 11) is 1.88. The summed E-state index contributed by atoms with van der Waals surface area (Å²) < 4.78 is 5.37. The Balaban J connectivity index is 1.47. The molecule has 0 aromatic heterocycles. The van der Waals surface area contributed by atoms with Gasteiger partial charge in [-0.2, -0.15) is 0 Å². The maximum absolute atomic E-state index is 12.6. The van der Waals surface area contributed by atoms with Gasteiger partial charge in [-0.25, -0.2) is 0 Å². The minimum atomic E-state index is -0.275. The first-order valence-electron chi connectivity index (χ1n) is 7.74. The summed E-state index contributed by atoms with van der Waals surface area (Å²) in [5, 5.41) is 0. The topological polar surface area (TPSA) is 49.9 Å². The molecule has 4 rings (SSSR count). The number of hydrogen-bond donors (Lipinski definition) is 0. The molecule has 0 aromatic carbocycles. The molecule has 4 atom stereocenters. The molecule has 0 bridgehead atoms.